The Morgan fingerprint density at radius 3 is 2.10 bits per heavy atom. The van der Waals surface area contributed by atoms with Crippen LogP contribution in [0.3, 0.4) is 0 Å². The summed E-state index contributed by atoms with van der Waals surface area (Å²) < 4.78 is 1.87. The van der Waals surface area contributed by atoms with Crippen LogP contribution in [0.15, 0.2) is 60.7 Å². The Bertz CT molecular complexity index is 697. The van der Waals surface area contributed by atoms with Crippen molar-refractivity contribution in [2.24, 2.45) is 12.8 Å². The fourth-order valence-corrected chi connectivity index (χ4v) is 2.36. The molecule has 0 amide bonds. The standard InChI is InChI=1S/C17H17N3/c1-20-17(11-16(12-18)19-20)15-9-7-14(8-10-15)13-5-3-2-4-6-13/h2-11H,12,18H2,1H3. The summed E-state index contributed by atoms with van der Waals surface area (Å²) in [7, 11) is 1.94. The first-order valence-electron chi connectivity index (χ1n) is 6.67. The van der Waals surface area contributed by atoms with Crippen LogP contribution >= 0.6 is 0 Å². The molecule has 20 heavy (non-hydrogen) atoms. The number of aryl methyl sites for hydroxylation is 1. The summed E-state index contributed by atoms with van der Waals surface area (Å²) in [5.41, 5.74) is 11.2. The van der Waals surface area contributed by atoms with E-state index in [1.807, 2.05) is 23.9 Å². The molecule has 2 aromatic carbocycles. The quantitative estimate of drug-likeness (QED) is 0.788. The molecule has 3 aromatic rings. The minimum atomic E-state index is 0.468. The Labute approximate surface area is 118 Å². The van der Waals surface area contributed by atoms with Gasteiger partial charge in [-0.3, -0.25) is 4.68 Å². The summed E-state index contributed by atoms with van der Waals surface area (Å²) in [5, 5.41) is 4.38. The van der Waals surface area contributed by atoms with E-state index >= 15 is 0 Å². The van der Waals surface area contributed by atoms with Gasteiger partial charge in [-0.2, -0.15) is 5.10 Å². The lowest BCUT2D eigenvalue weighted by molar-refractivity contribution is 0.749. The van der Waals surface area contributed by atoms with Gasteiger partial charge in [0.2, 0.25) is 0 Å². The fraction of sp³-hybridized carbons (Fsp3) is 0.118. The van der Waals surface area contributed by atoms with Gasteiger partial charge in [-0.25, -0.2) is 0 Å². The van der Waals surface area contributed by atoms with E-state index in [1.165, 1.54) is 11.1 Å². The van der Waals surface area contributed by atoms with Gasteiger partial charge in [0.05, 0.1) is 11.4 Å². The lowest BCUT2D eigenvalue weighted by atomic mass is 10.0. The zero-order valence-corrected chi connectivity index (χ0v) is 11.5. The van der Waals surface area contributed by atoms with Crippen LogP contribution in [-0.4, -0.2) is 9.78 Å². The van der Waals surface area contributed by atoms with E-state index in [2.05, 4.69) is 53.6 Å². The van der Waals surface area contributed by atoms with Crippen molar-refractivity contribution < 1.29 is 0 Å². The van der Waals surface area contributed by atoms with Gasteiger partial charge in [0.1, 0.15) is 0 Å². The SMILES string of the molecule is Cn1nc(CN)cc1-c1ccc(-c2ccccc2)cc1. The molecule has 0 spiro atoms. The van der Waals surface area contributed by atoms with Crippen molar-refractivity contribution in [3.63, 3.8) is 0 Å². The van der Waals surface area contributed by atoms with E-state index in [9.17, 15) is 0 Å². The van der Waals surface area contributed by atoms with Crippen molar-refractivity contribution in [1.82, 2.24) is 9.78 Å². The topological polar surface area (TPSA) is 43.8 Å². The molecule has 0 saturated carbocycles. The zero-order chi connectivity index (χ0) is 13.9. The molecule has 0 fully saturated rings. The number of hydrogen-bond acceptors (Lipinski definition) is 2. The number of hydrogen-bond donors (Lipinski definition) is 1. The summed E-state index contributed by atoms with van der Waals surface area (Å²) in [6.45, 7) is 0.468. The van der Waals surface area contributed by atoms with Gasteiger partial charge in [0, 0.05) is 13.6 Å². The molecule has 0 aliphatic heterocycles. The molecule has 0 aliphatic carbocycles. The third-order valence-corrected chi connectivity index (χ3v) is 3.43. The van der Waals surface area contributed by atoms with Crippen LogP contribution < -0.4 is 5.73 Å². The van der Waals surface area contributed by atoms with Gasteiger partial charge >= 0.3 is 0 Å². The van der Waals surface area contributed by atoms with Crippen LogP contribution in [-0.2, 0) is 13.6 Å². The molecule has 3 heteroatoms. The first-order valence-corrected chi connectivity index (χ1v) is 6.67. The van der Waals surface area contributed by atoms with Crippen LogP contribution in [0.25, 0.3) is 22.4 Å². The van der Waals surface area contributed by atoms with Gasteiger partial charge in [-0.1, -0.05) is 54.6 Å². The second kappa shape index (κ2) is 5.31. The van der Waals surface area contributed by atoms with E-state index in [4.69, 9.17) is 5.73 Å². The highest BCUT2D eigenvalue weighted by atomic mass is 15.3. The maximum absolute atomic E-state index is 5.63. The van der Waals surface area contributed by atoms with E-state index < -0.39 is 0 Å². The smallest absolute Gasteiger partial charge is 0.0766 e. The van der Waals surface area contributed by atoms with Gasteiger partial charge in [0.15, 0.2) is 0 Å². The van der Waals surface area contributed by atoms with Gasteiger partial charge in [0.25, 0.3) is 0 Å². The lowest BCUT2D eigenvalue weighted by Crippen LogP contribution is -1.98. The summed E-state index contributed by atoms with van der Waals surface area (Å²) in [5.74, 6) is 0. The second-order valence-corrected chi connectivity index (χ2v) is 4.79. The normalized spacial score (nSPS) is 10.7. The first-order chi connectivity index (χ1) is 9.78. The molecule has 1 aromatic heterocycles. The predicted octanol–water partition coefficient (Wildman–Crippen LogP) is 3.21. The Morgan fingerprint density at radius 2 is 1.50 bits per heavy atom. The summed E-state index contributed by atoms with van der Waals surface area (Å²) in [4.78, 5) is 0. The van der Waals surface area contributed by atoms with E-state index in [0.29, 0.717) is 6.54 Å². The highest BCUT2D eigenvalue weighted by molar-refractivity contribution is 5.69. The minimum Gasteiger partial charge on any atom is -0.325 e. The molecule has 2 N–H and O–H groups in total. The van der Waals surface area contributed by atoms with Crippen molar-refractivity contribution >= 4 is 0 Å². The molecule has 0 radical (unpaired) electrons. The highest BCUT2D eigenvalue weighted by Gasteiger charge is 2.06. The average molecular weight is 263 g/mol. The van der Waals surface area contributed by atoms with E-state index in [0.717, 1.165) is 17.0 Å². The average Bonchev–Trinajstić information content (AvgIpc) is 2.89. The van der Waals surface area contributed by atoms with Crippen LogP contribution in [0.4, 0.5) is 0 Å². The van der Waals surface area contributed by atoms with E-state index in [1.54, 1.807) is 0 Å². The molecule has 3 nitrogen and oxygen atoms in total. The molecule has 0 unspecified atom stereocenters. The van der Waals surface area contributed by atoms with Crippen LogP contribution in [0.5, 0.6) is 0 Å². The first kappa shape index (κ1) is 12.6. The number of rotatable bonds is 3. The van der Waals surface area contributed by atoms with Gasteiger partial charge < -0.3 is 5.73 Å². The van der Waals surface area contributed by atoms with Crippen molar-refractivity contribution in [2.75, 3.05) is 0 Å². The summed E-state index contributed by atoms with van der Waals surface area (Å²) in [6.07, 6.45) is 0. The van der Waals surface area contributed by atoms with Crippen LogP contribution in [0.1, 0.15) is 5.69 Å². The Morgan fingerprint density at radius 1 is 0.900 bits per heavy atom. The fourth-order valence-electron chi connectivity index (χ4n) is 2.36. The molecule has 0 atom stereocenters. The molecule has 1 heterocycles. The van der Waals surface area contributed by atoms with Crippen molar-refractivity contribution in [1.29, 1.82) is 0 Å². The van der Waals surface area contributed by atoms with E-state index in [-0.39, 0.29) is 0 Å². The Balaban J connectivity index is 1.95. The molecule has 0 bridgehead atoms. The van der Waals surface area contributed by atoms with Gasteiger partial charge in [-0.15, -0.1) is 0 Å². The van der Waals surface area contributed by atoms with Crippen molar-refractivity contribution in [2.45, 2.75) is 6.54 Å². The predicted molar refractivity (Wildman–Crippen MR) is 82.0 cm³/mol. The molecule has 100 valence electrons. The summed E-state index contributed by atoms with van der Waals surface area (Å²) >= 11 is 0. The third kappa shape index (κ3) is 2.36. The maximum Gasteiger partial charge on any atom is 0.0766 e. The Kier molecular flexibility index (Phi) is 3.35. The molecule has 3 rings (SSSR count). The number of benzene rings is 2. The monoisotopic (exact) mass is 263 g/mol. The van der Waals surface area contributed by atoms with Crippen LogP contribution in [0.2, 0.25) is 0 Å². The number of nitrogens with two attached hydrogens (primary N) is 1. The largest absolute Gasteiger partial charge is 0.325 e. The Hall–Kier alpha value is -2.39. The molecular formula is C17H17N3. The van der Waals surface area contributed by atoms with Crippen molar-refractivity contribution in [3.05, 3.63) is 66.4 Å². The lowest BCUT2D eigenvalue weighted by Gasteiger charge is -2.05. The second-order valence-electron chi connectivity index (χ2n) is 4.79. The molecule has 0 aliphatic rings. The zero-order valence-electron chi connectivity index (χ0n) is 11.5. The number of aromatic nitrogens is 2. The molecule has 0 saturated heterocycles. The minimum absolute atomic E-state index is 0.468. The number of nitrogens with zero attached hydrogens (tertiary/aromatic N) is 2. The maximum atomic E-state index is 5.63. The summed E-state index contributed by atoms with van der Waals surface area (Å²) in [6, 6.07) is 20.9. The van der Waals surface area contributed by atoms with Gasteiger partial charge in [-0.05, 0) is 22.8 Å². The van der Waals surface area contributed by atoms with Crippen LogP contribution in [0, 0.1) is 0 Å². The molecular weight excluding hydrogens is 246 g/mol. The van der Waals surface area contributed by atoms with Crippen molar-refractivity contribution in [3.8, 4) is 22.4 Å². The third-order valence-electron chi connectivity index (χ3n) is 3.43. The highest BCUT2D eigenvalue weighted by Crippen LogP contribution is 2.24.